The minimum absolute atomic E-state index is 0.0424. The van der Waals surface area contributed by atoms with Crippen molar-refractivity contribution in [2.24, 2.45) is 0 Å². The van der Waals surface area contributed by atoms with Crippen LogP contribution in [0.15, 0.2) is 0 Å². The van der Waals surface area contributed by atoms with Gasteiger partial charge in [-0.2, -0.15) is 0 Å². The molecule has 2 unspecified atom stereocenters. The molecular formula is C28H55NO4. The van der Waals surface area contributed by atoms with Crippen molar-refractivity contribution in [2.45, 2.75) is 148 Å². The van der Waals surface area contributed by atoms with Crippen LogP contribution in [0.5, 0.6) is 0 Å². The third kappa shape index (κ3) is 20.4. The molecule has 1 heterocycles. The van der Waals surface area contributed by atoms with E-state index in [1.54, 1.807) is 6.92 Å². The molecule has 0 bridgehead atoms. The van der Waals surface area contributed by atoms with Gasteiger partial charge in [0.2, 0.25) is 5.91 Å². The summed E-state index contributed by atoms with van der Waals surface area (Å²) in [5, 5.41) is 2.93. The molecule has 1 aliphatic heterocycles. The average Bonchev–Trinajstić information content (AvgIpc) is 2.82. The fourth-order valence-electron chi connectivity index (χ4n) is 4.46. The Balaban J connectivity index is 1.85. The molecule has 0 radical (unpaired) electrons. The number of nitrogens with one attached hydrogen (secondary N) is 1. The van der Waals surface area contributed by atoms with Crippen LogP contribution in [-0.4, -0.2) is 44.7 Å². The summed E-state index contributed by atoms with van der Waals surface area (Å²) < 4.78 is 17.2. The first-order valence-corrected chi connectivity index (χ1v) is 14.3. The van der Waals surface area contributed by atoms with Crippen LogP contribution in [0.2, 0.25) is 0 Å². The van der Waals surface area contributed by atoms with Crippen molar-refractivity contribution in [3.63, 3.8) is 0 Å². The topological polar surface area (TPSA) is 56.8 Å². The zero-order valence-corrected chi connectivity index (χ0v) is 22.1. The summed E-state index contributed by atoms with van der Waals surface area (Å²) >= 11 is 0. The lowest BCUT2D eigenvalue weighted by atomic mass is 10.0. The van der Waals surface area contributed by atoms with E-state index in [4.69, 9.17) is 14.2 Å². The van der Waals surface area contributed by atoms with Crippen LogP contribution in [0.4, 0.5) is 0 Å². The Labute approximate surface area is 205 Å². The van der Waals surface area contributed by atoms with Gasteiger partial charge < -0.3 is 19.5 Å². The van der Waals surface area contributed by atoms with Gasteiger partial charge in [0.25, 0.3) is 0 Å². The summed E-state index contributed by atoms with van der Waals surface area (Å²) in [6.45, 7) is 6.31. The van der Waals surface area contributed by atoms with Gasteiger partial charge in [-0.1, -0.05) is 103 Å². The molecule has 0 aliphatic carbocycles. The van der Waals surface area contributed by atoms with Gasteiger partial charge in [-0.25, -0.2) is 0 Å². The fraction of sp³-hybridized carbons (Fsp3) is 0.964. The van der Waals surface area contributed by atoms with E-state index in [1.807, 2.05) is 0 Å². The van der Waals surface area contributed by atoms with E-state index in [9.17, 15) is 4.79 Å². The molecule has 0 aromatic rings. The molecule has 5 heteroatoms. The smallest absolute Gasteiger partial charge is 0.217 e. The van der Waals surface area contributed by atoms with Crippen molar-refractivity contribution in [1.82, 2.24) is 5.32 Å². The van der Waals surface area contributed by atoms with Gasteiger partial charge in [0.15, 0.2) is 6.29 Å². The zero-order chi connectivity index (χ0) is 23.8. The summed E-state index contributed by atoms with van der Waals surface area (Å²) in [7, 11) is 0. The van der Waals surface area contributed by atoms with E-state index in [2.05, 4.69) is 12.2 Å². The van der Waals surface area contributed by atoms with Crippen molar-refractivity contribution in [3.8, 4) is 0 Å². The molecule has 0 aromatic carbocycles. The second-order valence-corrected chi connectivity index (χ2v) is 9.91. The average molecular weight is 470 g/mol. The first kappa shape index (κ1) is 30.4. The summed E-state index contributed by atoms with van der Waals surface area (Å²) in [6.07, 6.45) is 25.1. The molecule has 1 fully saturated rings. The maximum absolute atomic E-state index is 11.4. The molecule has 1 saturated heterocycles. The van der Waals surface area contributed by atoms with Crippen LogP contribution in [0, 0.1) is 0 Å². The van der Waals surface area contributed by atoms with Crippen molar-refractivity contribution >= 4 is 5.91 Å². The van der Waals surface area contributed by atoms with E-state index in [-0.39, 0.29) is 18.2 Å². The highest BCUT2D eigenvalue weighted by Crippen LogP contribution is 2.15. The van der Waals surface area contributed by atoms with Gasteiger partial charge in [-0.15, -0.1) is 0 Å². The van der Waals surface area contributed by atoms with Crippen LogP contribution in [0.1, 0.15) is 136 Å². The van der Waals surface area contributed by atoms with Crippen LogP contribution in [-0.2, 0) is 19.0 Å². The Hall–Kier alpha value is -0.650. The van der Waals surface area contributed by atoms with Crippen molar-refractivity contribution in [2.75, 3.05) is 26.4 Å². The van der Waals surface area contributed by atoms with E-state index in [1.165, 1.54) is 96.3 Å². The van der Waals surface area contributed by atoms with E-state index in [0.29, 0.717) is 13.2 Å². The summed E-state index contributed by atoms with van der Waals surface area (Å²) in [5.41, 5.74) is 0. The lowest BCUT2D eigenvalue weighted by Crippen LogP contribution is -2.42. The first-order chi connectivity index (χ1) is 16.2. The Kier molecular flexibility index (Phi) is 21.3. The van der Waals surface area contributed by atoms with Gasteiger partial charge >= 0.3 is 0 Å². The first-order valence-electron chi connectivity index (χ1n) is 14.3. The molecule has 1 N–H and O–H groups in total. The number of hydrogen-bond donors (Lipinski definition) is 1. The summed E-state index contributed by atoms with van der Waals surface area (Å²) in [4.78, 5) is 11.4. The quantitative estimate of drug-likeness (QED) is 0.159. The third-order valence-electron chi connectivity index (χ3n) is 6.49. The fourth-order valence-corrected chi connectivity index (χ4v) is 4.46. The molecule has 33 heavy (non-hydrogen) atoms. The minimum Gasteiger partial charge on any atom is -0.379 e. The Morgan fingerprint density at radius 1 is 0.818 bits per heavy atom. The predicted molar refractivity (Wildman–Crippen MR) is 138 cm³/mol. The van der Waals surface area contributed by atoms with E-state index >= 15 is 0 Å². The number of amides is 1. The third-order valence-corrected chi connectivity index (χ3v) is 6.49. The number of hydrogen-bond acceptors (Lipinski definition) is 4. The van der Waals surface area contributed by atoms with E-state index < -0.39 is 0 Å². The summed E-state index contributed by atoms with van der Waals surface area (Å²) in [6, 6.07) is -0.103. The van der Waals surface area contributed by atoms with Crippen LogP contribution in [0.3, 0.4) is 0 Å². The molecule has 5 nitrogen and oxygen atoms in total. The lowest BCUT2D eigenvalue weighted by Gasteiger charge is -2.25. The second-order valence-electron chi connectivity index (χ2n) is 9.91. The van der Waals surface area contributed by atoms with Gasteiger partial charge in [-0.3, -0.25) is 4.79 Å². The van der Waals surface area contributed by atoms with Gasteiger partial charge in [0.1, 0.15) is 0 Å². The minimum atomic E-state index is -0.129. The monoisotopic (exact) mass is 469 g/mol. The van der Waals surface area contributed by atoms with Crippen LogP contribution >= 0.6 is 0 Å². The maximum atomic E-state index is 11.4. The van der Waals surface area contributed by atoms with Crippen LogP contribution < -0.4 is 5.32 Å². The normalized spacial score (nSPS) is 17.2. The molecule has 0 saturated carbocycles. The Morgan fingerprint density at radius 2 is 1.36 bits per heavy atom. The molecule has 1 aliphatic rings. The van der Waals surface area contributed by atoms with Gasteiger partial charge in [0.05, 0.1) is 19.3 Å². The molecule has 0 aromatic heterocycles. The van der Waals surface area contributed by atoms with Crippen LogP contribution in [0.25, 0.3) is 0 Å². The molecule has 0 spiro atoms. The number of rotatable bonds is 23. The SMILES string of the molecule is CCCCCCCCCCCCCCCCCCOCC(COC1CCCCO1)NC(C)=O. The van der Waals surface area contributed by atoms with Crippen molar-refractivity contribution in [1.29, 1.82) is 0 Å². The van der Waals surface area contributed by atoms with Crippen molar-refractivity contribution in [3.05, 3.63) is 0 Å². The number of carbonyl (C=O) groups excluding carboxylic acids is 1. The highest BCUT2D eigenvalue weighted by Gasteiger charge is 2.17. The highest BCUT2D eigenvalue weighted by molar-refractivity contribution is 5.73. The van der Waals surface area contributed by atoms with Gasteiger partial charge in [-0.05, 0) is 25.7 Å². The maximum Gasteiger partial charge on any atom is 0.217 e. The Morgan fingerprint density at radius 3 is 1.85 bits per heavy atom. The number of carbonyl (C=O) groups is 1. The highest BCUT2D eigenvalue weighted by atomic mass is 16.7. The molecule has 1 rings (SSSR count). The van der Waals surface area contributed by atoms with E-state index in [0.717, 1.165) is 38.9 Å². The second kappa shape index (κ2) is 23.1. The largest absolute Gasteiger partial charge is 0.379 e. The Bertz CT molecular complexity index is 426. The van der Waals surface area contributed by atoms with Gasteiger partial charge in [0, 0.05) is 20.1 Å². The molecule has 196 valence electrons. The number of unbranched alkanes of at least 4 members (excludes halogenated alkanes) is 15. The standard InChI is InChI=1S/C28H55NO4/c1-3-4-5-6-7-8-9-10-11-12-13-14-15-16-17-19-22-31-24-27(29-26(2)30)25-33-28-21-18-20-23-32-28/h27-28H,3-25H2,1-2H3,(H,29,30). The lowest BCUT2D eigenvalue weighted by molar-refractivity contribution is -0.168. The molecular weight excluding hydrogens is 414 g/mol. The molecule has 2 atom stereocenters. The predicted octanol–water partition coefficient (Wildman–Crippen LogP) is 7.31. The zero-order valence-electron chi connectivity index (χ0n) is 22.1. The summed E-state index contributed by atoms with van der Waals surface area (Å²) in [5.74, 6) is -0.0424. The number of ether oxygens (including phenoxy) is 3. The molecule has 1 amide bonds. The van der Waals surface area contributed by atoms with Crippen molar-refractivity contribution < 1.29 is 19.0 Å².